The van der Waals surface area contributed by atoms with Crippen LogP contribution in [0.4, 0.5) is 4.39 Å². The lowest BCUT2D eigenvalue weighted by molar-refractivity contribution is 0.161. The molecule has 2 rings (SSSR count). The minimum Gasteiger partial charge on any atom is -0.314 e. The number of halogens is 4. The third-order valence-electron chi connectivity index (χ3n) is 3.47. The van der Waals surface area contributed by atoms with E-state index in [9.17, 15) is 4.39 Å². The van der Waals surface area contributed by atoms with Crippen LogP contribution in [-0.2, 0) is 0 Å². The van der Waals surface area contributed by atoms with Gasteiger partial charge in [0.1, 0.15) is 5.82 Å². The number of piperazine rings is 1. The molecule has 1 aliphatic rings. The molecule has 1 N–H and O–H groups in total. The summed E-state index contributed by atoms with van der Waals surface area (Å²) in [7, 11) is 0. The first-order valence-corrected chi connectivity index (χ1v) is 7.70. The fraction of sp³-hybridized carbons (Fsp3) is 0.571. The van der Waals surface area contributed by atoms with Gasteiger partial charge >= 0.3 is 0 Å². The monoisotopic (exact) mass is 434 g/mol. The molecule has 1 saturated heterocycles. The third kappa shape index (κ3) is 5.30. The van der Waals surface area contributed by atoms with Crippen molar-refractivity contribution < 1.29 is 4.39 Å². The fourth-order valence-corrected chi connectivity index (χ4v) is 3.09. The minimum atomic E-state index is -0.0626. The molecule has 1 atom stereocenters. The first kappa shape index (κ1) is 20.4. The van der Waals surface area contributed by atoms with Crippen molar-refractivity contribution in [2.75, 3.05) is 26.2 Å². The van der Waals surface area contributed by atoms with E-state index < -0.39 is 0 Å². The normalized spacial score (nSPS) is 16.9. The molecule has 0 unspecified atom stereocenters. The summed E-state index contributed by atoms with van der Waals surface area (Å²) in [5, 5.41) is 3.35. The molecular weight excluding hydrogens is 413 g/mol. The largest absolute Gasteiger partial charge is 0.314 e. The van der Waals surface area contributed by atoms with Gasteiger partial charge in [0.05, 0.1) is 0 Å². The van der Waals surface area contributed by atoms with Crippen LogP contribution in [0, 0.1) is 9.39 Å². The Bertz CT molecular complexity index is 401. The Balaban J connectivity index is 0.00000180. The van der Waals surface area contributed by atoms with Crippen LogP contribution in [0.1, 0.15) is 31.4 Å². The van der Waals surface area contributed by atoms with Crippen molar-refractivity contribution in [3.05, 3.63) is 33.1 Å². The van der Waals surface area contributed by atoms with E-state index in [0.717, 1.165) is 48.2 Å². The summed E-state index contributed by atoms with van der Waals surface area (Å²) < 4.78 is 15.2. The lowest BCUT2D eigenvalue weighted by Crippen LogP contribution is -2.45. The highest BCUT2D eigenvalue weighted by Crippen LogP contribution is 2.29. The average Bonchev–Trinajstić information content (AvgIpc) is 2.40. The summed E-state index contributed by atoms with van der Waals surface area (Å²) >= 11 is 2.26. The molecule has 116 valence electrons. The van der Waals surface area contributed by atoms with Crippen molar-refractivity contribution in [3.63, 3.8) is 0 Å². The Morgan fingerprint density at radius 1 is 1.30 bits per heavy atom. The number of benzene rings is 1. The van der Waals surface area contributed by atoms with E-state index in [1.807, 2.05) is 12.1 Å². The molecule has 0 amide bonds. The predicted molar refractivity (Wildman–Crippen MR) is 95.7 cm³/mol. The van der Waals surface area contributed by atoms with Crippen LogP contribution >= 0.6 is 47.4 Å². The maximum atomic E-state index is 14.1. The molecule has 20 heavy (non-hydrogen) atoms. The topological polar surface area (TPSA) is 15.3 Å². The molecule has 0 radical (unpaired) electrons. The van der Waals surface area contributed by atoms with E-state index >= 15 is 0 Å². The molecule has 0 aliphatic carbocycles. The summed E-state index contributed by atoms with van der Waals surface area (Å²) in [6, 6.07) is 5.66. The molecule has 2 nitrogen and oxygen atoms in total. The van der Waals surface area contributed by atoms with Crippen LogP contribution in [-0.4, -0.2) is 31.1 Å². The SMILES string of the molecule is CCC[C@H](c1cc(I)ccc1F)N1CCNCC1.Cl.Cl. The number of nitrogens with one attached hydrogen (secondary N) is 1. The zero-order valence-electron chi connectivity index (χ0n) is 11.6. The quantitative estimate of drug-likeness (QED) is 0.720. The molecule has 1 aromatic carbocycles. The zero-order valence-corrected chi connectivity index (χ0v) is 15.4. The molecule has 0 spiro atoms. The molecule has 0 saturated carbocycles. The Morgan fingerprint density at radius 2 is 1.95 bits per heavy atom. The highest BCUT2D eigenvalue weighted by molar-refractivity contribution is 14.1. The summed E-state index contributed by atoms with van der Waals surface area (Å²) in [4.78, 5) is 2.41. The molecular formula is C14H22Cl2FIN2. The standard InChI is InChI=1S/C14H20FIN2.2ClH/c1-2-3-14(18-8-6-17-7-9-18)12-10-11(16)4-5-13(12)15;;/h4-5,10,14,17H,2-3,6-9H2,1H3;2*1H/t14-;;/m1../s1. The van der Waals surface area contributed by atoms with E-state index in [1.165, 1.54) is 0 Å². The smallest absolute Gasteiger partial charge is 0.128 e. The van der Waals surface area contributed by atoms with Gasteiger partial charge in [0.15, 0.2) is 0 Å². The van der Waals surface area contributed by atoms with Gasteiger partial charge in [-0.2, -0.15) is 0 Å². The molecule has 0 aromatic heterocycles. The van der Waals surface area contributed by atoms with Crippen LogP contribution in [0.2, 0.25) is 0 Å². The van der Waals surface area contributed by atoms with Gasteiger partial charge in [0, 0.05) is 41.4 Å². The Kier molecular flexibility index (Phi) is 10.4. The summed E-state index contributed by atoms with van der Waals surface area (Å²) in [6.07, 6.45) is 2.11. The molecule has 1 fully saturated rings. The summed E-state index contributed by atoms with van der Waals surface area (Å²) in [5.74, 6) is -0.0626. The number of hydrogen-bond acceptors (Lipinski definition) is 2. The van der Waals surface area contributed by atoms with Crippen LogP contribution in [0.25, 0.3) is 0 Å². The van der Waals surface area contributed by atoms with E-state index in [4.69, 9.17) is 0 Å². The molecule has 0 bridgehead atoms. The maximum absolute atomic E-state index is 14.1. The van der Waals surface area contributed by atoms with Gasteiger partial charge < -0.3 is 5.32 Å². The summed E-state index contributed by atoms with van der Waals surface area (Å²) in [5.41, 5.74) is 0.866. The first-order chi connectivity index (χ1) is 8.72. The molecule has 1 aromatic rings. The van der Waals surface area contributed by atoms with Crippen molar-refractivity contribution in [2.45, 2.75) is 25.8 Å². The highest BCUT2D eigenvalue weighted by Gasteiger charge is 2.23. The molecule has 1 heterocycles. The fourth-order valence-electron chi connectivity index (χ4n) is 2.57. The highest BCUT2D eigenvalue weighted by atomic mass is 127. The van der Waals surface area contributed by atoms with Gasteiger partial charge in [-0.15, -0.1) is 24.8 Å². The number of rotatable bonds is 4. The van der Waals surface area contributed by atoms with E-state index in [1.54, 1.807) is 6.07 Å². The average molecular weight is 435 g/mol. The van der Waals surface area contributed by atoms with Crippen molar-refractivity contribution in [1.29, 1.82) is 0 Å². The van der Waals surface area contributed by atoms with E-state index in [0.29, 0.717) is 0 Å². The molecule has 6 heteroatoms. The third-order valence-corrected chi connectivity index (χ3v) is 4.14. The van der Waals surface area contributed by atoms with Gasteiger partial charge in [0.2, 0.25) is 0 Å². The zero-order chi connectivity index (χ0) is 13.0. The summed E-state index contributed by atoms with van der Waals surface area (Å²) in [6.45, 7) is 6.20. The van der Waals surface area contributed by atoms with Crippen molar-refractivity contribution in [1.82, 2.24) is 10.2 Å². The van der Waals surface area contributed by atoms with Crippen molar-refractivity contribution >= 4 is 47.4 Å². The Hall–Kier alpha value is 0.380. The lowest BCUT2D eigenvalue weighted by atomic mass is 9.99. The second-order valence-corrected chi connectivity index (χ2v) is 6.00. The predicted octanol–water partition coefficient (Wildman–Crippen LogP) is 4.02. The van der Waals surface area contributed by atoms with Crippen LogP contribution < -0.4 is 5.32 Å². The second kappa shape index (κ2) is 10.2. The molecule has 1 aliphatic heterocycles. The van der Waals surface area contributed by atoms with Gasteiger partial charge in [-0.25, -0.2) is 4.39 Å². The van der Waals surface area contributed by atoms with Gasteiger partial charge in [-0.1, -0.05) is 13.3 Å². The first-order valence-electron chi connectivity index (χ1n) is 6.62. The second-order valence-electron chi connectivity index (χ2n) is 4.76. The van der Waals surface area contributed by atoms with E-state index in [-0.39, 0.29) is 36.7 Å². The van der Waals surface area contributed by atoms with E-state index in [2.05, 4.69) is 39.7 Å². The number of hydrogen-bond donors (Lipinski definition) is 1. The van der Waals surface area contributed by atoms with Crippen molar-refractivity contribution in [2.24, 2.45) is 0 Å². The maximum Gasteiger partial charge on any atom is 0.128 e. The van der Waals surface area contributed by atoms with Crippen LogP contribution in [0.5, 0.6) is 0 Å². The number of nitrogens with zero attached hydrogens (tertiary/aromatic N) is 1. The lowest BCUT2D eigenvalue weighted by Gasteiger charge is -2.35. The van der Waals surface area contributed by atoms with Gasteiger partial charge in [-0.05, 0) is 47.2 Å². The van der Waals surface area contributed by atoms with Crippen LogP contribution in [0.3, 0.4) is 0 Å². The minimum absolute atomic E-state index is 0. The Labute approximate surface area is 146 Å². The van der Waals surface area contributed by atoms with Crippen LogP contribution in [0.15, 0.2) is 18.2 Å². The van der Waals surface area contributed by atoms with Gasteiger partial charge in [0.25, 0.3) is 0 Å². The van der Waals surface area contributed by atoms with Gasteiger partial charge in [-0.3, -0.25) is 4.90 Å². The van der Waals surface area contributed by atoms with Crippen molar-refractivity contribution in [3.8, 4) is 0 Å². The Morgan fingerprint density at radius 3 is 2.55 bits per heavy atom.